The molecule has 10 heteroatoms. The van der Waals surface area contributed by atoms with Crippen molar-refractivity contribution in [3.05, 3.63) is 84.1 Å². The zero-order valence-electron chi connectivity index (χ0n) is 18.3. The number of fused-ring (bicyclic) bond motifs is 3. The maximum Gasteiger partial charge on any atom is 0.261 e. The van der Waals surface area contributed by atoms with Crippen LogP contribution in [-0.2, 0) is 33.0 Å². The number of nitrogens with one attached hydrogen (secondary N) is 1. The molecule has 0 saturated carbocycles. The maximum atomic E-state index is 13.2. The molecule has 0 bridgehead atoms. The van der Waals surface area contributed by atoms with E-state index in [4.69, 9.17) is 9.15 Å². The fourth-order valence-corrected chi connectivity index (χ4v) is 6.59. The average Bonchev–Trinajstić information content (AvgIpc) is 3.22. The molecule has 4 aromatic rings. The molecule has 0 saturated heterocycles. The van der Waals surface area contributed by atoms with Crippen LogP contribution >= 0.6 is 0 Å². The van der Waals surface area contributed by atoms with Gasteiger partial charge in [0.25, 0.3) is 10.0 Å². The van der Waals surface area contributed by atoms with Gasteiger partial charge in [0, 0.05) is 36.5 Å². The first-order chi connectivity index (χ1) is 16.3. The average molecular weight is 499 g/mol. The van der Waals surface area contributed by atoms with Crippen molar-refractivity contribution < 1.29 is 26.0 Å². The molecule has 0 radical (unpaired) electrons. The molecule has 0 amide bonds. The summed E-state index contributed by atoms with van der Waals surface area (Å²) in [4.78, 5) is 0.351. The summed E-state index contributed by atoms with van der Waals surface area (Å²) in [6, 6.07) is 19.5. The molecule has 2 heterocycles. The van der Waals surface area contributed by atoms with E-state index in [0.29, 0.717) is 40.2 Å². The third-order valence-electron chi connectivity index (χ3n) is 5.77. The van der Waals surface area contributed by atoms with Crippen molar-refractivity contribution in [1.29, 1.82) is 0 Å². The normalized spacial score (nSPS) is 14.6. The minimum atomic E-state index is -3.82. The van der Waals surface area contributed by atoms with Crippen LogP contribution in [0.5, 0.6) is 5.75 Å². The molecule has 176 valence electrons. The smallest absolute Gasteiger partial charge is 0.261 e. The highest BCUT2D eigenvalue weighted by Crippen LogP contribution is 2.39. The van der Waals surface area contributed by atoms with Crippen molar-refractivity contribution >= 4 is 36.7 Å². The molecular weight excluding hydrogens is 476 g/mol. The molecule has 1 N–H and O–H groups in total. The largest absolute Gasteiger partial charge is 0.493 e. The number of anilines is 1. The van der Waals surface area contributed by atoms with Crippen molar-refractivity contribution in [2.45, 2.75) is 22.8 Å². The summed E-state index contributed by atoms with van der Waals surface area (Å²) in [5, 5.41) is 0.605. The van der Waals surface area contributed by atoms with Gasteiger partial charge in [0.05, 0.1) is 22.6 Å². The van der Waals surface area contributed by atoms with Gasteiger partial charge in [-0.2, -0.15) is 4.31 Å². The number of hydrogen-bond acceptors (Lipinski definition) is 6. The predicted molar refractivity (Wildman–Crippen MR) is 128 cm³/mol. The van der Waals surface area contributed by atoms with Gasteiger partial charge < -0.3 is 9.15 Å². The number of sulfonamides is 2. The minimum Gasteiger partial charge on any atom is -0.493 e. The molecule has 0 spiro atoms. The van der Waals surface area contributed by atoms with Crippen molar-refractivity contribution in [3.63, 3.8) is 0 Å². The Hall–Kier alpha value is -3.34. The summed E-state index contributed by atoms with van der Waals surface area (Å²) < 4.78 is 67.5. The Kier molecular flexibility index (Phi) is 5.59. The molecular formula is C24H22N2O6S2. The summed E-state index contributed by atoms with van der Waals surface area (Å²) in [5.74, 6) is 1.02. The minimum absolute atomic E-state index is 0.109. The van der Waals surface area contributed by atoms with E-state index in [9.17, 15) is 16.8 Å². The second-order valence-corrected chi connectivity index (χ2v) is 11.5. The first-order valence-corrected chi connectivity index (χ1v) is 13.5. The number of rotatable bonds is 6. The Balaban J connectivity index is 1.55. The topological polar surface area (TPSA) is 106 Å². The Morgan fingerprint density at radius 1 is 0.912 bits per heavy atom. The quantitative estimate of drug-likeness (QED) is 0.431. The summed E-state index contributed by atoms with van der Waals surface area (Å²) >= 11 is 0. The van der Waals surface area contributed by atoms with Crippen LogP contribution in [0.1, 0.15) is 11.3 Å². The number of methoxy groups -OCH3 is 1. The first kappa shape index (κ1) is 22.5. The second-order valence-electron chi connectivity index (χ2n) is 7.88. The highest BCUT2D eigenvalue weighted by Gasteiger charge is 2.32. The molecule has 3 aromatic carbocycles. The van der Waals surface area contributed by atoms with Crippen LogP contribution in [0.3, 0.4) is 0 Å². The van der Waals surface area contributed by atoms with Crippen molar-refractivity contribution in [2.24, 2.45) is 0 Å². The lowest BCUT2D eigenvalue weighted by atomic mass is 10.1. The standard InChI is InChI=1S/C24H22N2O6S2/c1-31-23-15-17(25-33(27,28)18-8-4-2-5-9-18)14-20-21-16-26(13-12-22(21)32-24(20)23)34(29,30)19-10-6-3-7-11-19/h2-11,14-15,25H,12-13,16H2,1H3. The maximum absolute atomic E-state index is 13.2. The van der Waals surface area contributed by atoms with E-state index in [1.807, 2.05) is 0 Å². The fourth-order valence-electron chi connectivity index (χ4n) is 4.09. The number of hydrogen-bond donors (Lipinski definition) is 1. The Bertz CT molecular complexity index is 1560. The molecule has 1 aliphatic heterocycles. The summed E-state index contributed by atoms with van der Waals surface area (Å²) in [7, 11) is -6.05. The zero-order valence-corrected chi connectivity index (χ0v) is 19.9. The van der Waals surface area contributed by atoms with Crippen LogP contribution in [0, 0.1) is 0 Å². The van der Waals surface area contributed by atoms with Gasteiger partial charge in [-0.3, -0.25) is 4.72 Å². The lowest BCUT2D eigenvalue weighted by molar-refractivity contribution is 0.363. The van der Waals surface area contributed by atoms with Gasteiger partial charge in [0.2, 0.25) is 10.0 Å². The van der Waals surface area contributed by atoms with Crippen LogP contribution in [-0.4, -0.2) is 34.8 Å². The summed E-state index contributed by atoms with van der Waals surface area (Å²) in [6.45, 7) is 0.386. The fraction of sp³-hybridized carbons (Fsp3) is 0.167. The number of nitrogens with zero attached hydrogens (tertiary/aromatic N) is 1. The number of ether oxygens (including phenoxy) is 1. The molecule has 0 atom stereocenters. The van der Waals surface area contributed by atoms with Gasteiger partial charge in [0.15, 0.2) is 11.3 Å². The van der Waals surface area contributed by atoms with E-state index in [-0.39, 0.29) is 22.9 Å². The Morgan fingerprint density at radius 3 is 2.21 bits per heavy atom. The van der Waals surface area contributed by atoms with Gasteiger partial charge in [-0.1, -0.05) is 36.4 Å². The zero-order chi connectivity index (χ0) is 23.9. The number of furan rings is 1. The van der Waals surface area contributed by atoms with Gasteiger partial charge in [-0.15, -0.1) is 0 Å². The van der Waals surface area contributed by atoms with E-state index in [0.717, 1.165) is 0 Å². The third-order valence-corrected chi connectivity index (χ3v) is 9.03. The second kappa shape index (κ2) is 8.46. The van der Waals surface area contributed by atoms with Crippen molar-refractivity contribution in [2.75, 3.05) is 18.4 Å². The Morgan fingerprint density at radius 2 is 1.56 bits per heavy atom. The van der Waals surface area contributed by atoms with Crippen LogP contribution in [0.25, 0.3) is 11.0 Å². The molecule has 0 fully saturated rings. The van der Waals surface area contributed by atoms with E-state index in [1.165, 1.54) is 23.5 Å². The molecule has 34 heavy (non-hydrogen) atoms. The molecule has 1 aromatic heterocycles. The van der Waals surface area contributed by atoms with Crippen LogP contribution in [0.2, 0.25) is 0 Å². The molecule has 0 aliphatic carbocycles. The SMILES string of the molecule is COc1cc(NS(=O)(=O)c2ccccc2)cc2c3c(oc12)CCN(S(=O)(=O)c1ccccc1)C3. The van der Waals surface area contributed by atoms with E-state index >= 15 is 0 Å². The molecule has 8 nitrogen and oxygen atoms in total. The highest BCUT2D eigenvalue weighted by atomic mass is 32.2. The van der Waals surface area contributed by atoms with Crippen molar-refractivity contribution in [3.8, 4) is 5.75 Å². The van der Waals surface area contributed by atoms with Crippen LogP contribution in [0.4, 0.5) is 5.69 Å². The predicted octanol–water partition coefficient (Wildman–Crippen LogP) is 3.99. The van der Waals surface area contributed by atoms with Crippen LogP contribution < -0.4 is 9.46 Å². The van der Waals surface area contributed by atoms with E-state index < -0.39 is 20.0 Å². The molecule has 0 unspecified atom stereocenters. The highest BCUT2D eigenvalue weighted by molar-refractivity contribution is 7.92. The first-order valence-electron chi connectivity index (χ1n) is 10.5. The summed E-state index contributed by atoms with van der Waals surface area (Å²) in [5.41, 5.74) is 1.44. The van der Waals surface area contributed by atoms with Gasteiger partial charge >= 0.3 is 0 Å². The monoisotopic (exact) mass is 498 g/mol. The Labute approximate surface area is 197 Å². The van der Waals surface area contributed by atoms with Gasteiger partial charge in [-0.05, 0) is 30.3 Å². The van der Waals surface area contributed by atoms with Crippen molar-refractivity contribution in [1.82, 2.24) is 4.31 Å². The van der Waals surface area contributed by atoms with Crippen LogP contribution in [0.15, 0.2) is 87.0 Å². The van der Waals surface area contributed by atoms with E-state index in [1.54, 1.807) is 60.7 Å². The lowest BCUT2D eigenvalue weighted by Crippen LogP contribution is -2.35. The summed E-state index contributed by atoms with van der Waals surface area (Å²) in [6.07, 6.45) is 0.393. The van der Waals surface area contributed by atoms with E-state index in [2.05, 4.69) is 4.72 Å². The molecule has 5 rings (SSSR count). The number of benzene rings is 3. The lowest BCUT2D eigenvalue weighted by Gasteiger charge is -2.25. The molecule has 1 aliphatic rings. The van der Waals surface area contributed by atoms with Gasteiger partial charge in [0.1, 0.15) is 5.76 Å². The third kappa shape index (κ3) is 3.93. The van der Waals surface area contributed by atoms with Gasteiger partial charge in [-0.25, -0.2) is 16.8 Å².